The van der Waals surface area contributed by atoms with Crippen molar-refractivity contribution in [2.75, 3.05) is 31.1 Å². The van der Waals surface area contributed by atoms with Gasteiger partial charge in [-0.1, -0.05) is 32.1 Å². The lowest BCUT2D eigenvalue weighted by Gasteiger charge is -2.26. The van der Waals surface area contributed by atoms with Gasteiger partial charge in [0.15, 0.2) is 0 Å². The van der Waals surface area contributed by atoms with Gasteiger partial charge in [-0.15, -0.1) is 0 Å². The third kappa shape index (κ3) is 3.22. The molecule has 0 spiro atoms. The number of aromatic nitrogens is 1. The van der Waals surface area contributed by atoms with Crippen LogP contribution in [0.1, 0.15) is 26.0 Å². The number of thiocarbonyl (C=S) groups is 1. The van der Waals surface area contributed by atoms with Gasteiger partial charge in [0.1, 0.15) is 10.8 Å². The number of nitrogens with zero attached hydrogens (tertiary/aromatic N) is 3. The highest BCUT2D eigenvalue weighted by molar-refractivity contribution is 7.80. The number of anilines is 1. The maximum atomic E-state index is 5.64. The maximum absolute atomic E-state index is 5.64. The molecular formula is C14H22N4S. The van der Waals surface area contributed by atoms with Crippen LogP contribution in [-0.4, -0.2) is 47.1 Å². The van der Waals surface area contributed by atoms with Crippen LogP contribution in [-0.2, 0) is 0 Å². The van der Waals surface area contributed by atoms with Crippen molar-refractivity contribution < 1.29 is 0 Å². The third-order valence-corrected chi connectivity index (χ3v) is 4.01. The monoisotopic (exact) mass is 278 g/mol. The second-order valence-electron chi connectivity index (χ2n) is 4.86. The van der Waals surface area contributed by atoms with E-state index in [-0.39, 0.29) is 0 Å². The molecule has 0 aliphatic carbocycles. The van der Waals surface area contributed by atoms with Crippen LogP contribution in [0, 0.1) is 0 Å². The molecule has 1 saturated heterocycles. The van der Waals surface area contributed by atoms with Gasteiger partial charge in [-0.05, 0) is 31.6 Å². The normalized spacial score (nSPS) is 19.1. The molecule has 2 rings (SSSR count). The standard InChI is InChI=1S/C14H22N4S/c1-3-17(4-2)11-8-9-18(10-11)13-7-5-6-12(16-13)14(15)19/h5-7,11H,3-4,8-10H2,1-2H3,(H2,15,19). The van der Waals surface area contributed by atoms with E-state index in [1.807, 2.05) is 18.2 Å². The molecule has 2 heterocycles. The summed E-state index contributed by atoms with van der Waals surface area (Å²) in [6.45, 7) is 8.74. The first-order valence-corrected chi connectivity index (χ1v) is 7.32. The van der Waals surface area contributed by atoms with Gasteiger partial charge in [-0.25, -0.2) is 4.98 Å². The van der Waals surface area contributed by atoms with Crippen LogP contribution >= 0.6 is 12.2 Å². The van der Waals surface area contributed by atoms with Gasteiger partial charge < -0.3 is 10.6 Å². The summed E-state index contributed by atoms with van der Waals surface area (Å²) in [6, 6.07) is 6.50. The molecule has 0 bridgehead atoms. The van der Waals surface area contributed by atoms with Crippen molar-refractivity contribution in [2.45, 2.75) is 26.3 Å². The van der Waals surface area contributed by atoms with Gasteiger partial charge in [0, 0.05) is 19.1 Å². The fraction of sp³-hybridized carbons (Fsp3) is 0.571. The molecule has 104 valence electrons. The minimum atomic E-state index is 0.362. The smallest absolute Gasteiger partial charge is 0.129 e. The first kappa shape index (κ1) is 14.2. The molecule has 1 aromatic rings. The topological polar surface area (TPSA) is 45.4 Å². The zero-order chi connectivity index (χ0) is 13.8. The van der Waals surface area contributed by atoms with Gasteiger partial charge in [0.2, 0.25) is 0 Å². The fourth-order valence-corrected chi connectivity index (χ4v) is 2.84. The predicted octanol–water partition coefficient (Wildman–Crippen LogP) is 1.64. The first-order chi connectivity index (χ1) is 9.15. The zero-order valence-corrected chi connectivity index (χ0v) is 12.5. The van der Waals surface area contributed by atoms with Gasteiger partial charge in [-0.2, -0.15) is 0 Å². The summed E-state index contributed by atoms with van der Waals surface area (Å²) in [5, 5.41) is 0. The quantitative estimate of drug-likeness (QED) is 0.830. The Hall–Kier alpha value is -1.20. The predicted molar refractivity (Wildman–Crippen MR) is 83.7 cm³/mol. The minimum absolute atomic E-state index is 0.362. The molecule has 0 radical (unpaired) electrons. The van der Waals surface area contributed by atoms with Crippen LogP contribution in [0.3, 0.4) is 0 Å². The van der Waals surface area contributed by atoms with Gasteiger partial charge in [0.25, 0.3) is 0 Å². The van der Waals surface area contributed by atoms with E-state index in [9.17, 15) is 0 Å². The number of likely N-dealkylation sites (N-methyl/N-ethyl adjacent to an activating group) is 1. The molecule has 0 aromatic carbocycles. The van der Waals surface area contributed by atoms with Gasteiger partial charge in [0.05, 0.1) is 5.69 Å². The van der Waals surface area contributed by atoms with E-state index in [4.69, 9.17) is 18.0 Å². The van der Waals surface area contributed by atoms with Gasteiger partial charge >= 0.3 is 0 Å². The van der Waals surface area contributed by atoms with E-state index >= 15 is 0 Å². The molecule has 1 atom stereocenters. The molecule has 19 heavy (non-hydrogen) atoms. The van der Waals surface area contributed by atoms with Crippen molar-refractivity contribution in [3.8, 4) is 0 Å². The summed E-state index contributed by atoms with van der Waals surface area (Å²) in [5.41, 5.74) is 6.35. The highest BCUT2D eigenvalue weighted by Gasteiger charge is 2.26. The molecule has 1 fully saturated rings. The van der Waals surface area contributed by atoms with E-state index in [1.165, 1.54) is 6.42 Å². The largest absolute Gasteiger partial charge is 0.388 e. The summed E-state index contributed by atoms with van der Waals surface area (Å²) < 4.78 is 0. The van der Waals surface area contributed by atoms with Crippen molar-refractivity contribution in [1.82, 2.24) is 9.88 Å². The molecule has 1 aliphatic heterocycles. The summed E-state index contributed by atoms with van der Waals surface area (Å²) in [6.07, 6.45) is 1.20. The van der Waals surface area contributed by atoms with E-state index in [2.05, 4.69) is 28.6 Å². The zero-order valence-electron chi connectivity index (χ0n) is 11.7. The van der Waals surface area contributed by atoms with Crippen LogP contribution in [0.2, 0.25) is 0 Å². The van der Waals surface area contributed by atoms with Crippen molar-refractivity contribution in [2.24, 2.45) is 5.73 Å². The Bertz CT molecular complexity index is 445. The highest BCUT2D eigenvalue weighted by atomic mass is 32.1. The Labute approximate surface area is 120 Å². The molecule has 5 heteroatoms. The Morgan fingerprint density at radius 2 is 2.21 bits per heavy atom. The second kappa shape index (κ2) is 6.30. The van der Waals surface area contributed by atoms with Crippen molar-refractivity contribution in [1.29, 1.82) is 0 Å². The van der Waals surface area contributed by atoms with Crippen LogP contribution in [0.5, 0.6) is 0 Å². The van der Waals surface area contributed by atoms with Crippen molar-refractivity contribution in [3.63, 3.8) is 0 Å². The van der Waals surface area contributed by atoms with E-state index in [1.54, 1.807) is 0 Å². The van der Waals surface area contributed by atoms with E-state index in [0.29, 0.717) is 16.7 Å². The Morgan fingerprint density at radius 1 is 1.47 bits per heavy atom. The summed E-state index contributed by atoms with van der Waals surface area (Å²) in [7, 11) is 0. The van der Waals surface area contributed by atoms with Crippen LogP contribution < -0.4 is 10.6 Å². The van der Waals surface area contributed by atoms with Crippen LogP contribution in [0.15, 0.2) is 18.2 Å². The Morgan fingerprint density at radius 3 is 2.84 bits per heavy atom. The molecule has 0 saturated carbocycles. The summed E-state index contributed by atoms with van der Waals surface area (Å²) in [5.74, 6) is 0.986. The lowest BCUT2D eigenvalue weighted by molar-refractivity contribution is 0.232. The molecule has 1 aromatic heterocycles. The number of hydrogen-bond donors (Lipinski definition) is 1. The van der Waals surface area contributed by atoms with Crippen LogP contribution in [0.25, 0.3) is 0 Å². The van der Waals surface area contributed by atoms with Crippen molar-refractivity contribution in [3.05, 3.63) is 23.9 Å². The Kier molecular flexibility index (Phi) is 4.71. The molecule has 1 aliphatic rings. The molecular weight excluding hydrogens is 256 g/mol. The van der Waals surface area contributed by atoms with Gasteiger partial charge in [-0.3, -0.25) is 4.90 Å². The van der Waals surface area contributed by atoms with E-state index < -0.39 is 0 Å². The average Bonchev–Trinajstić information content (AvgIpc) is 2.90. The third-order valence-electron chi connectivity index (χ3n) is 3.80. The number of hydrogen-bond acceptors (Lipinski definition) is 4. The summed E-state index contributed by atoms with van der Waals surface area (Å²) in [4.78, 5) is 9.74. The number of rotatable bonds is 5. The molecule has 2 N–H and O–H groups in total. The minimum Gasteiger partial charge on any atom is -0.388 e. The first-order valence-electron chi connectivity index (χ1n) is 6.91. The van der Waals surface area contributed by atoms with Crippen molar-refractivity contribution >= 4 is 23.0 Å². The Balaban J connectivity index is 2.08. The lowest BCUT2D eigenvalue weighted by Crippen LogP contribution is -2.37. The molecule has 4 nitrogen and oxygen atoms in total. The molecule has 0 amide bonds. The SMILES string of the molecule is CCN(CC)C1CCN(c2cccc(C(N)=S)n2)C1. The second-order valence-corrected chi connectivity index (χ2v) is 5.29. The number of pyridine rings is 1. The fourth-order valence-electron chi connectivity index (χ4n) is 2.72. The highest BCUT2D eigenvalue weighted by Crippen LogP contribution is 2.21. The maximum Gasteiger partial charge on any atom is 0.129 e. The molecule has 1 unspecified atom stereocenters. The van der Waals surface area contributed by atoms with E-state index in [0.717, 1.165) is 32.0 Å². The van der Waals surface area contributed by atoms with Crippen LogP contribution in [0.4, 0.5) is 5.82 Å². The number of nitrogens with two attached hydrogens (primary N) is 1. The summed E-state index contributed by atoms with van der Waals surface area (Å²) >= 11 is 4.99. The lowest BCUT2D eigenvalue weighted by atomic mass is 10.2. The average molecular weight is 278 g/mol.